The van der Waals surface area contributed by atoms with Crippen molar-refractivity contribution in [2.24, 2.45) is 5.92 Å². The van der Waals surface area contributed by atoms with E-state index < -0.39 is 0 Å². The number of rotatable bonds is 3. The van der Waals surface area contributed by atoms with Gasteiger partial charge in [0, 0.05) is 69.9 Å². The predicted octanol–water partition coefficient (Wildman–Crippen LogP) is 1.47. The van der Waals surface area contributed by atoms with Gasteiger partial charge in [0.1, 0.15) is 0 Å². The highest BCUT2D eigenvalue weighted by Crippen LogP contribution is 2.24. The van der Waals surface area contributed by atoms with E-state index in [0.717, 1.165) is 64.1 Å². The number of nitrogens with zero attached hydrogens (tertiary/aromatic N) is 3. The van der Waals surface area contributed by atoms with Crippen LogP contribution >= 0.6 is 12.4 Å². The molecule has 1 unspecified atom stereocenters. The molecule has 1 atom stereocenters. The van der Waals surface area contributed by atoms with E-state index in [9.17, 15) is 9.59 Å². The van der Waals surface area contributed by atoms with E-state index in [-0.39, 0.29) is 24.2 Å². The molecule has 1 N–H and O–H groups in total. The van der Waals surface area contributed by atoms with Gasteiger partial charge in [-0.1, -0.05) is 18.2 Å². The van der Waals surface area contributed by atoms with E-state index in [0.29, 0.717) is 25.0 Å². The van der Waals surface area contributed by atoms with Crippen LogP contribution < -0.4 is 5.32 Å². The maximum Gasteiger partial charge on any atom is 0.253 e. The number of amides is 2. The summed E-state index contributed by atoms with van der Waals surface area (Å²) in [6.45, 7) is 7.41. The maximum atomic E-state index is 13.0. The number of benzene rings is 1. The van der Waals surface area contributed by atoms with Gasteiger partial charge in [0.05, 0.1) is 0 Å². The van der Waals surface area contributed by atoms with Gasteiger partial charge in [0.15, 0.2) is 0 Å². The van der Waals surface area contributed by atoms with E-state index in [1.54, 1.807) is 0 Å². The number of piperazine rings is 1. The van der Waals surface area contributed by atoms with E-state index >= 15 is 0 Å². The van der Waals surface area contributed by atoms with Gasteiger partial charge in [-0.25, -0.2) is 0 Å². The zero-order chi connectivity index (χ0) is 18.6. The number of nitrogens with one attached hydrogen (secondary N) is 1. The van der Waals surface area contributed by atoms with E-state index in [1.807, 2.05) is 35.2 Å². The first kappa shape index (κ1) is 21.1. The molecule has 0 aromatic heterocycles. The highest BCUT2D eigenvalue weighted by Gasteiger charge is 2.35. The standard InChI is InChI=1S/C21H30N4O2.ClH/c26-20(17-4-2-1-3-5-17)24-11-6-18(7-12-24)21(27)25-13-8-19(16-25)23-14-9-22-10-15-23;/h1-5,18-19,22H,6-16H2;1H. The molecule has 28 heavy (non-hydrogen) atoms. The predicted molar refractivity (Wildman–Crippen MR) is 112 cm³/mol. The fraction of sp³-hybridized carbons (Fsp3) is 0.619. The minimum atomic E-state index is 0. The van der Waals surface area contributed by atoms with Crippen LogP contribution in [0.4, 0.5) is 0 Å². The number of hydrogen-bond acceptors (Lipinski definition) is 4. The minimum Gasteiger partial charge on any atom is -0.341 e. The summed E-state index contributed by atoms with van der Waals surface area (Å²) >= 11 is 0. The Morgan fingerprint density at radius 3 is 2.18 bits per heavy atom. The third kappa shape index (κ3) is 4.67. The fourth-order valence-corrected chi connectivity index (χ4v) is 4.64. The number of piperidine rings is 1. The highest BCUT2D eigenvalue weighted by molar-refractivity contribution is 5.94. The Balaban J connectivity index is 0.00000225. The highest BCUT2D eigenvalue weighted by atomic mass is 35.5. The molecule has 1 aromatic carbocycles. The van der Waals surface area contributed by atoms with Crippen molar-refractivity contribution in [3.63, 3.8) is 0 Å². The molecule has 0 spiro atoms. The maximum absolute atomic E-state index is 13.0. The molecular formula is C21H31ClN4O2. The summed E-state index contributed by atoms with van der Waals surface area (Å²) in [5.74, 6) is 0.465. The van der Waals surface area contributed by atoms with Crippen molar-refractivity contribution >= 4 is 24.2 Å². The number of carbonyl (C=O) groups is 2. The van der Waals surface area contributed by atoms with E-state index in [1.165, 1.54) is 0 Å². The summed E-state index contributed by atoms with van der Waals surface area (Å²) in [7, 11) is 0. The zero-order valence-corrected chi connectivity index (χ0v) is 17.2. The second-order valence-electron chi connectivity index (χ2n) is 7.95. The van der Waals surface area contributed by atoms with Gasteiger partial charge in [0.25, 0.3) is 5.91 Å². The van der Waals surface area contributed by atoms with Crippen LogP contribution in [0.5, 0.6) is 0 Å². The molecule has 2 amide bonds. The van der Waals surface area contributed by atoms with Gasteiger partial charge in [-0.2, -0.15) is 0 Å². The van der Waals surface area contributed by atoms with E-state index in [4.69, 9.17) is 0 Å². The lowest BCUT2D eigenvalue weighted by atomic mass is 9.95. The van der Waals surface area contributed by atoms with Gasteiger partial charge >= 0.3 is 0 Å². The Labute approximate surface area is 173 Å². The van der Waals surface area contributed by atoms with Crippen LogP contribution in [0.15, 0.2) is 30.3 Å². The molecular weight excluding hydrogens is 376 g/mol. The first-order chi connectivity index (χ1) is 13.2. The molecule has 0 bridgehead atoms. The average Bonchev–Trinajstić information content (AvgIpc) is 3.24. The van der Waals surface area contributed by atoms with Crippen molar-refractivity contribution in [2.75, 3.05) is 52.4 Å². The molecule has 3 aliphatic rings. The number of likely N-dealkylation sites (tertiary alicyclic amines) is 2. The molecule has 1 aromatic rings. The summed E-state index contributed by atoms with van der Waals surface area (Å²) < 4.78 is 0. The number of hydrogen-bond donors (Lipinski definition) is 1. The third-order valence-corrected chi connectivity index (χ3v) is 6.30. The zero-order valence-electron chi connectivity index (χ0n) is 16.4. The second kappa shape index (κ2) is 9.72. The molecule has 3 aliphatic heterocycles. The lowest BCUT2D eigenvalue weighted by Gasteiger charge is -2.34. The van der Waals surface area contributed by atoms with Gasteiger partial charge < -0.3 is 15.1 Å². The van der Waals surface area contributed by atoms with Crippen LogP contribution in [0.1, 0.15) is 29.6 Å². The Bertz CT molecular complexity index is 658. The van der Waals surface area contributed by atoms with Crippen LogP contribution in [0.2, 0.25) is 0 Å². The van der Waals surface area contributed by atoms with Crippen LogP contribution in [-0.2, 0) is 4.79 Å². The number of carbonyl (C=O) groups excluding carboxylic acids is 2. The largest absolute Gasteiger partial charge is 0.341 e. The van der Waals surface area contributed by atoms with Crippen LogP contribution in [0, 0.1) is 5.92 Å². The molecule has 4 rings (SSSR count). The molecule has 0 saturated carbocycles. The first-order valence-corrected chi connectivity index (χ1v) is 10.3. The molecule has 3 fully saturated rings. The minimum absolute atomic E-state index is 0. The third-order valence-electron chi connectivity index (χ3n) is 6.30. The molecule has 0 radical (unpaired) electrons. The number of halogens is 1. The second-order valence-corrected chi connectivity index (χ2v) is 7.95. The summed E-state index contributed by atoms with van der Waals surface area (Å²) in [5.41, 5.74) is 0.737. The van der Waals surface area contributed by atoms with Crippen molar-refractivity contribution in [1.29, 1.82) is 0 Å². The Morgan fingerprint density at radius 1 is 0.857 bits per heavy atom. The normalized spacial score (nSPS) is 24.1. The smallest absolute Gasteiger partial charge is 0.253 e. The lowest BCUT2D eigenvalue weighted by Crippen LogP contribution is -2.50. The topological polar surface area (TPSA) is 55.9 Å². The summed E-state index contributed by atoms with van der Waals surface area (Å²) in [6.07, 6.45) is 2.66. The SMILES string of the molecule is Cl.O=C(c1ccccc1)N1CCC(C(=O)N2CCC(N3CCNCC3)C2)CC1. The molecule has 3 saturated heterocycles. The van der Waals surface area contributed by atoms with Crippen molar-refractivity contribution in [3.05, 3.63) is 35.9 Å². The molecule has 6 nitrogen and oxygen atoms in total. The molecule has 0 aliphatic carbocycles. The van der Waals surface area contributed by atoms with Crippen molar-refractivity contribution in [2.45, 2.75) is 25.3 Å². The fourth-order valence-electron chi connectivity index (χ4n) is 4.64. The van der Waals surface area contributed by atoms with Crippen LogP contribution in [0.3, 0.4) is 0 Å². The molecule has 154 valence electrons. The van der Waals surface area contributed by atoms with Gasteiger partial charge in [-0.15, -0.1) is 12.4 Å². The van der Waals surface area contributed by atoms with Crippen molar-refractivity contribution in [3.8, 4) is 0 Å². The quantitative estimate of drug-likeness (QED) is 0.825. The Hall–Kier alpha value is -1.63. The van der Waals surface area contributed by atoms with Crippen molar-refractivity contribution < 1.29 is 9.59 Å². The van der Waals surface area contributed by atoms with Gasteiger partial charge in [-0.05, 0) is 31.4 Å². The average molecular weight is 407 g/mol. The van der Waals surface area contributed by atoms with Crippen LogP contribution in [-0.4, -0.2) is 84.9 Å². The summed E-state index contributed by atoms with van der Waals surface area (Å²) in [4.78, 5) is 32.0. The monoisotopic (exact) mass is 406 g/mol. The van der Waals surface area contributed by atoms with Crippen LogP contribution in [0.25, 0.3) is 0 Å². The van der Waals surface area contributed by atoms with Gasteiger partial charge in [-0.3, -0.25) is 14.5 Å². The van der Waals surface area contributed by atoms with Gasteiger partial charge in [0.2, 0.25) is 5.91 Å². The lowest BCUT2D eigenvalue weighted by molar-refractivity contribution is -0.136. The van der Waals surface area contributed by atoms with Crippen molar-refractivity contribution in [1.82, 2.24) is 20.0 Å². The van der Waals surface area contributed by atoms with E-state index in [2.05, 4.69) is 15.1 Å². The summed E-state index contributed by atoms with van der Waals surface area (Å²) in [6, 6.07) is 9.96. The molecule has 3 heterocycles. The first-order valence-electron chi connectivity index (χ1n) is 10.3. The molecule has 7 heteroatoms. The summed E-state index contributed by atoms with van der Waals surface area (Å²) in [5, 5.41) is 3.39. The Kier molecular flexibility index (Phi) is 7.32. The Morgan fingerprint density at radius 2 is 1.50 bits per heavy atom.